The molecule has 0 aliphatic carbocycles. The van der Waals surface area contributed by atoms with Crippen molar-refractivity contribution in [1.82, 2.24) is 0 Å². The van der Waals surface area contributed by atoms with Crippen molar-refractivity contribution in [3.63, 3.8) is 0 Å². The van der Waals surface area contributed by atoms with Gasteiger partial charge in [0.15, 0.2) is 9.84 Å². The van der Waals surface area contributed by atoms with Crippen molar-refractivity contribution in [2.24, 2.45) is 0 Å². The zero-order chi connectivity index (χ0) is 12.3. The quantitative estimate of drug-likeness (QED) is 0.869. The Labute approximate surface area is 95.6 Å². The molecule has 0 unspecified atom stereocenters. The number of amides is 1. The maximum absolute atomic E-state index is 11.6. The summed E-state index contributed by atoms with van der Waals surface area (Å²) < 4.78 is 22.3. The van der Waals surface area contributed by atoms with Crippen LogP contribution in [0.3, 0.4) is 0 Å². The highest BCUT2D eigenvalue weighted by atomic mass is 32.2. The van der Waals surface area contributed by atoms with E-state index in [1.807, 2.05) is 13.0 Å². The van der Waals surface area contributed by atoms with Crippen molar-refractivity contribution in [1.29, 1.82) is 0 Å². The zero-order valence-electron chi connectivity index (χ0n) is 9.52. The maximum Gasteiger partial charge on any atom is 0.242 e. The first-order chi connectivity index (χ1) is 7.30. The van der Waals surface area contributed by atoms with Gasteiger partial charge in [0.1, 0.15) is 5.25 Å². The molecular formula is C11H15NO3S. The molecule has 1 atom stereocenters. The first-order valence-electron chi connectivity index (χ1n) is 4.87. The van der Waals surface area contributed by atoms with Crippen LogP contribution in [-0.4, -0.2) is 25.8 Å². The molecule has 16 heavy (non-hydrogen) atoms. The van der Waals surface area contributed by atoms with Crippen LogP contribution in [0.1, 0.15) is 12.5 Å². The summed E-state index contributed by atoms with van der Waals surface area (Å²) in [6, 6.07) is 7.21. The first-order valence-corrected chi connectivity index (χ1v) is 6.82. The van der Waals surface area contributed by atoms with Crippen molar-refractivity contribution in [3.05, 3.63) is 29.8 Å². The lowest BCUT2D eigenvalue weighted by molar-refractivity contribution is -0.115. The Kier molecular flexibility index (Phi) is 3.70. The average molecular weight is 241 g/mol. The number of aryl methyl sites for hydroxylation is 1. The Morgan fingerprint density at radius 1 is 1.38 bits per heavy atom. The highest BCUT2D eigenvalue weighted by Gasteiger charge is 2.23. The molecule has 5 heteroatoms. The lowest BCUT2D eigenvalue weighted by Gasteiger charge is -2.10. The number of hydrogen-bond acceptors (Lipinski definition) is 3. The number of hydrogen-bond donors (Lipinski definition) is 1. The number of carbonyl (C=O) groups excluding carboxylic acids is 1. The van der Waals surface area contributed by atoms with Gasteiger partial charge in [0, 0.05) is 11.9 Å². The Balaban J connectivity index is 2.80. The standard InChI is InChI=1S/C11H15NO3S/c1-8-5-4-6-10(7-8)12-11(13)9(2)16(3,14)15/h4-7,9H,1-3H3,(H,12,13)/t9-/m1/s1. The van der Waals surface area contributed by atoms with Crippen LogP contribution >= 0.6 is 0 Å². The van der Waals surface area contributed by atoms with Crippen molar-refractivity contribution in [2.75, 3.05) is 11.6 Å². The van der Waals surface area contributed by atoms with E-state index in [4.69, 9.17) is 0 Å². The Morgan fingerprint density at radius 2 is 2.00 bits per heavy atom. The molecule has 4 nitrogen and oxygen atoms in total. The van der Waals surface area contributed by atoms with Gasteiger partial charge in [-0.2, -0.15) is 0 Å². The van der Waals surface area contributed by atoms with Gasteiger partial charge < -0.3 is 5.32 Å². The third kappa shape index (κ3) is 3.34. The molecule has 0 fully saturated rings. The second-order valence-corrected chi connectivity index (χ2v) is 6.20. The molecule has 1 amide bonds. The van der Waals surface area contributed by atoms with Gasteiger partial charge in [-0.25, -0.2) is 8.42 Å². The molecule has 0 saturated carbocycles. The minimum Gasteiger partial charge on any atom is -0.325 e. The van der Waals surface area contributed by atoms with Gasteiger partial charge in [0.25, 0.3) is 0 Å². The Bertz CT molecular complexity index is 494. The Morgan fingerprint density at radius 3 is 2.50 bits per heavy atom. The molecule has 88 valence electrons. The van der Waals surface area contributed by atoms with Gasteiger partial charge in [-0.05, 0) is 31.5 Å². The Hall–Kier alpha value is -1.36. The summed E-state index contributed by atoms with van der Waals surface area (Å²) in [7, 11) is -3.34. The van der Waals surface area contributed by atoms with E-state index < -0.39 is 21.0 Å². The van der Waals surface area contributed by atoms with Gasteiger partial charge in [0.2, 0.25) is 5.91 Å². The van der Waals surface area contributed by atoms with Crippen molar-refractivity contribution in [3.8, 4) is 0 Å². The minimum absolute atomic E-state index is 0.506. The van der Waals surface area contributed by atoms with Crippen LogP contribution in [0.5, 0.6) is 0 Å². The zero-order valence-corrected chi connectivity index (χ0v) is 10.3. The first kappa shape index (κ1) is 12.7. The van der Waals surface area contributed by atoms with E-state index in [0.717, 1.165) is 11.8 Å². The minimum atomic E-state index is -3.34. The molecule has 1 aromatic carbocycles. The number of carbonyl (C=O) groups is 1. The summed E-state index contributed by atoms with van der Waals surface area (Å²) in [5.74, 6) is -0.506. The van der Waals surface area contributed by atoms with E-state index in [-0.39, 0.29) is 0 Å². The predicted molar refractivity (Wildman–Crippen MR) is 64.1 cm³/mol. The predicted octanol–water partition coefficient (Wildman–Crippen LogP) is 1.37. The molecule has 0 heterocycles. The van der Waals surface area contributed by atoms with Crippen LogP contribution in [0.4, 0.5) is 5.69 Å². The van der Waals surface area contributed by atoms with Gasteiger partial charge in [-0.3, -0.25) is 4.79 Å². The number of anilines is 1. The number of benzene rings is 1. The summed E-state index contributed by atoms with van der Waals surface area (Å²) in [4.78, 5) is 11.6. The van der Waals surface area contributed by atoms with Crippen LogP contribution in [0, 0.1) is 6.92 Å². The molecule has 0 aliphatic heterocycles. The van der Waals surface area contributed by atoms with Crippen LogP contribution < -0.4 is 5.32 Å². The molecule has 0 aromatic heterocycles. The summed E-state index contributed by atoms with van der Waals surface area (Å²) in [6.07, 6.45) is 1.05. The molecule has 0 aliphatic rings. The topological polar surface area (TPSA) is 63.2 Å². The SMILES string of the molecule is Cc1cccc(NC(=O)[C@@H](C)S(C)(=O)=O)c1. The molecule has 1 aromatic rings. The van der Waals surface area contributed by atoms with Gasteiger partial charge >= 0.3 is 0 Å². The maximum atomic E-state index is 11.6. The summed E-state index contributed by atoms with van der Waals surface area (Å²) >= 11 is 0. The largest absolute Gasteiger partial charge is 0.325 e. The van der Waals surface area contributed by atoms with E-state index >= 15 is 0 Å². The number of rotatable bonds is 3. The van der Waals surface area contributed by atoms with E-state index in [9.17, 15) is 13.2 Å². The second-order valence-electron chi connectivity index (χ2n) is 3.83. The molecule has 1 rings (SSSR count). The molecule has 0 spiro atoms. The van der Waals surface area contributed by atoms with E-state index in [1.54, 1.807) is 18.2 Å². The summed E-state index contributed by atoms with van der Waals surface area (Å²) in [5.41, 5.74) is 1.62. The van der Waals surface area contributed by atoms with E-state index in [1.165, 1.54) is 6.92 Å². The van der Waals surface area contributed by atoms with Crippen LogP contribution in [0.25, 0.3) is 0 Å². The lowest BCUT2D eigenvalue weighted by Crippen LogP contribution is -2.31. The van der Waals surface area contributed by atoms with Gasteiger partial charge in [-0.15, -0.1) is 0 Å². The highest BCUT2D eigenvalue weighted by molar-refractivity contribution is 7.92. The molecule has 0 bridgehead atoms. The number of nitrogens with one attached hydrogen (secondary N) is 1. The van der Waals surface area contributed by atoms with Crippen LogP contribution in [0.2, 0.25) is 0 Å². The molecule has 1 N–H and O–H groups in total. The third-order valence-corrected chi connectivity index (χ3v) is 3.80. The third-order valence-electron chi connectivity index (χ3n) is 2.30. The van der Waals surface area contributed by atoms with Crippen LogP contribution in [-0.2, 0) is 14.6 Å². The monoisotopic (exact) mass is 241 g/mol. The fraction of sp³-hybridized carbons (Fsp3) is 0.364. The lowest BCUT2D eigenvalue weighted by atomic mass is 10.2. The van der Waals surface area contributed by atoms with Gasteiger partial charge in [-0.1, -0.05) is 12.1 Å². The van der Waals surface area contributed by atoms with Crippen LogP contribution in [0.15, 0.2) is 24.3 Å². The fourth-order valence-corrected chi connectivity index (χ4v) is 1.61. The average Bonchev–Trinajstić information content (AvgIpc) is 2.15. The van der Waals surface area contributed by atoms with Crippen molar-refractivity contribution in [2.45, 2.75) is 19.1 Å². The summed E-state index contributed by atoms with van der Waals surface area (Å²) in [6.45, 7) is 3.27. The molecular weight excluding hydrogens is 226 g/mol. The van der Waals surface area contributed by atoms with Gasteiger partial charge in [0.05, 0.1) is 0 Å². The summed E-state index contributed by atoms with van der Waals surface area (Å²) in [5, 5.41) is 1.54. The molecule has 0 saturated heterocycles. The molecule has 0 radical (unpaired) electrons. The van der Waals surface area contributed by atoms with E-state index in [0.29, 0.717) is 5.69 Å². The highest BCUT2D eigenvalue weighted by Crippen LogP contribution is 2.11. The smallest absolute Gasteiger partial charge is 0.242 e. The number of sulfone groups is 1. The normalized spacial score (nSPS) is 13.2. The second kappa shape index (κ2) is 4.65. The van der Waals surface area contributed by atoms with Crippen molar-refractivity contribution < 1.29 is 13.2 Å². The fourth-order valence-electron chi connectivity index (χ4n) is 1.16. The van der Waals surface area contributed by atoms with Crippen molar-refractivity contribution >= 4 is 21.4 Å². The van der Waals surface area contributed by atoms with E-state index in [2.05, 4.69) is 5.32 Å².